The van der Waals surface area contributed by atoms with Crippen LogP contribution in [0.2, 0.25) is 0 Å². The van der Waals surface area contributed by atoms with Gasteiger partial charge in [-0.3, -0.25) is 4.79 Å². The van der Waals surface area contributed by atoms with Crippen LogP contribution >= 0.6 is 11.8 Å². The molecule has 2 aromatic carbocycles. The molecule has 4 nitrogen and oxygen atoms in total. The summed E-state index contributed by atoms with van der Waals surface area (Å²) < 4.78 is 4.69. The molecule has 1 amide bonds. The first-order valence-electron chi connectivity index (χ1n) is 5.92. The van der Waals surface area contributed by atoms with E-state index in [1.807, 2.05) is 18.2 Å². The molecule has 2 rings (SSSR count). The number of amides is 1. The Morgan fingerprint density at radius 1 is 1.00 bits per heavy atom. The number of methoxy groups -OCH3 is 1. The second kappa shape index (κ2) is 6.77. The van der Waals surface area contributed by atoms with E-state index in [0.29, 0.717) is 16.1 Å². The van der Waals surface area contributed by atoms with E-state index in [-0.39, 0.29) is 5.24 Å². The van der Waals surface area contributed by atoms with Crippen LogP contribution in [0, 0.1) is 0 Å². The van der Waals surface area contributed by atoms with Crippen LogP contribution in [0.3, 0.4) is 0 Å². The largest absolute Gasteiger partial charge is 0.465 e. The summed E-state index contributed by atoms with van der Waals surface area (Å²) in [7, 11) is 1.31. The number of rotatable bonds is 3. The maximum atomic E-state index is 11.9. The molecular formula is C15H13NO3S. The minimum absolute atomic E-state index is 0.257. The topological polar surface area (TPSA) is 55.4 Å². The smallest absolute Gasteiger partial charge is 0.339 e. The maximum Gasteiger partial charge on any atom is 0.339 e. The van der Waals surface area contributed by atoms with Gasteiger partial charge in [-0.25, -0.2) is 4.79 Å². The highest BCUT2D eigenvalue weighted by atomic mass is 32.2. The predicted molar refractivity (Wildman–Crippen MR) is 79.1 cm³/mol. The average molecular weight is 287 g/mol. The summed E-state index contributed by atoms with van der Waals surface area (Å²) in [5.41, 5.74) is 1.09. The van der Waals surface area contributed by atoms with E-state index in [1.165, 1.54) is 7.11 Å². The number of carbonyl (C=O) groups is 2. The van der Waals surface area contributed by atoms with Crippen molar-refractivity contribution in [2.45, 2.75) is 4.90 Å². The minimum Gasteiger partial charge on any atom is -0.465 e. The quantitative estimate of drug-likeness (QED) is 0.689. The number of para-hydroxylation sites is 1. The van der Waals surface area contributed by atoms with Gasteiger partial charge >= 0.3 is 5.97 Å². The van der Waals surface area contributed by atoms with Crippen molar-refractivity contribution in [2.24, 2.45) is 0 Å². The van der Waals surface area contributed by atoms with Crippen molar-refractivity contribution in [3.8, 4) is 0 Å². The van der Waals surface area contributed by atoms with Crippen LogP contribution in [0.5, 0.6) is 0 Å². The van der Waals surface area contributed by atoms with Gasteiger partial charge < -0.3 is 10.1 Å². The number of nitrogens with one attached hydrogen (secondary N) is 1. The normalized spacial score (nSPS) is 9.85. The molecule has 0 fully saturated rings. The molecule has 0 aliphatic carbocycles. The SMILES string of the molecule is COC(=O)c1ccccc1SC(=O)Nc1ccccc1. The number of anilines is 1. The van der Waals surface area contributed by atoms with Gasteiger partial charge in [-0.2, -0.15) is 0 Å². The standard InChI is InChI=1S/C15H13NO3S/c1-19-14(17)12-9-5-6-10-13(12)20-15(18)16-11-7-3-2-4-8-11/h2-10H,1H3,(H,16,18). The second-order valence-electron chi connectivity index (χ2n) is 3.87. The van der Waals surface area contributed by atoms with E-state index in [2.05, 4.69) is 5.32 Å². The van der Waals surface area contributed by atoms with Crippen molar-refractivity contribution in [1.82, 2.24) is 0 Å². The number of thioether (sulfide) groups is 1. The molecule has 2 aromatic rings. The van der Waals surface area contributed by atoms with Crippen LogP contribution in [-0.2, 0) is 4.74 Å². The maximum absolute atomic E-state index is 11.9. The van der Waals surface area contributed by atoms with Gasteiger partial charge in [0.1, 0.15) is 0 Å². The Morgan fingerprint density at radius 2 is 1.65 bits per heavy atom. The lowest BCUT2D eigenvalue weighted by Crippen LogP contribution is -2.07. The van der Waals surface area contributed by atoms with Crippen LogP contribution in [0.4, 0.5) is 10.5 Å². The third kappa shape index (κ3) is 3.61. The molecule has 0 atom stereocenters. The zero-order chi connectivity index (χ0) is 14.4. The molecule has 20 heavy (non-hydrogen) atoms. The summed E-state index contributed by atoms with van der Waals surface area (Å²) >= 11 is 0.958. The first kappa shape index (κ1) is 14.1. The third-order valence-corrected chi connectivity index (χ3v) is 3.38. The number of ether oxygens (including phenoxy) is 1. The van der Waals surface area contributed by atoms with Crippen LogP contribution in [0.15, 0.2) is 59.5 Å². The molecule has 0 bridgehead atoms. The number of hydrogen-bond donors (Lipinski definition) is 1. The van der Waals surface area contributed by atoms with Crippen LogP contribution in [0.1, 0.15) is 10.4 Å². The highest BCUT2D eigenvalue weighted by Crippen LogP contribution is 2.25. The molecule has 0 spiro atoms. The number of benzene rings is 2. The monoisotopic (exact) mass is 287 g/mol. The summed E-state index contributed by atoms with van der Waals surface area (Å²) in [6.07, 6.45) is 0. The zero-order valence-electron chi connectivity index (χ0n) is 10.8. The van der Waals surface area contributed by atoms with Crippen molar-refractivity contribution < 1.29 is 14.3 Å². The highest BCUT2D eigenvalue weighted by molar-refractivity contribution is 8.14. The van der Waals surface area contributed by atoms with E-state index in [0.717, 1.165) is 11.8 Å². The van der Waals surface area contributed by atoms with E-state index in [9.17, 15) is 9.59 Å². The van der Waals surface area contributed by atoms with Crippen LogP contribution in [-0.4, -0.2) is 18.3 Å². The Balaban J connectivity index is 2.10. The molecule has 1 N–H and O–H groups in total. The van der Waals surface area contributed by atoms with Gasteiger partial charge in [0.15, 0.2) is 0 Å². The Labute approximate surface area is 121 Å². The van der Waals surface area contributed by atoms with E-state index in [1.54, 1.807) is 36.4 Å². The van der Waals surface area contributed by atoms with Gasteiger partial charge in [0.25, 0.3) is 5.24 Å². The molecule has 0 aromatic heterocycles. The first-order chi connectivity index (χ1) is 9.70. The fourth-order valence-electron chi connectivity index (χ4n) is 1.60. The van der Waals surface area contributed by atoms with Gasteiger partial charge in [-0.1, -0.05) is 30.3 Å². The number of carbonyl (C=O) groups excluding carboxylic acids is 2. The van der Waals surface area contributed by atoms with Gasteiger partial charge in [0, 0.05) is 10.6 Å². The molecule has 102 valence electrons. The molecule has 0 aliphatic heterocycles. The highest BCUT2D eigenvalue weighted by Gasteiger charge is 2.14. The van der Waals surface area contributed by atoms with Crippen molar-refractivity contribution >= 4 is 28.7 Å². The molecule has 0 saturated carbocycles. The fourth-order valence-corrected chi connectivity index (χ4v) is 2.38. The zero-order valence-corrected chi connectivity index (χ0v) is 11.6. The first-order valence-corrected chi connectivity index (χ1v) is 6.73. The Bertz CT molecular complexity index is 614. The number of esters is 1. The molecule has 0 heterocycles. The summed E-state index contributed by atoms with van der Waals surface area (Å²) in [4.78, 5) is 24.1. The van der Waals surface area contributed by atoms with Crippen molar-refractivity contribution in [1.29, 1.82) is 0 Å². The van der Waals surface area contributed by atoms with Gasteiger partial charge in [0.05, 0.1) is 12.7 Å². The summed E-state index contributed by atoms with van der Waals surface area (Å²) in [6, 6.07) is 16.0. The lowest BCUT2D eigenvalue weighted by molar-refractivity contribution is 0.0597. The van der Waals surface area contributed by atoms with Crippen LogP contribution in [0.25, 0.3) is 0 Å². The van der Waals surface area contributed by atoms with E-state index < -0.39 is 5.97 Å². The summed E-state index contributed by atoms with van der Waals surface area (Å²) in [6.45, 7) is 0. The van der Waals surface area contributed by atoms with Gasteiger partial charge in [-0.05, 0) is 36.0 Å². The molecular weight excluding hydrogens is 274 g/mol. The van der Waals surface area contributed by atoms with Crippen LogP contribution < -0.4 is 5.32 Å². The third-order valence-electron chi connectivity index (χ3n) is 2.52. The summed E-state index contributed by atoms with van der Waals surface area (Å²) in [5.74, 6) is -0.458. The van der Waals surface area contributed by atoms with E-state index in [4.69, 9.17) is 4.74 Å². The second-order valence-corrected chi connectivity index (χ2v) is 4.88. The molecule has 0 radical (unpaired) electrons. The van der Waals surface area contributed by atoms with Crippen molar-refractivity contribution in [2.75, 3.05) is 12.4 Å². The van der Waals surface area contributed by atoms with Crippen molar-refractivity contribution in [3.05, 3.63) is 60.2 Å². The fraction of sp³-hybridized carbons (Fsp3) is 0.0667. The lowest BCUT2D eigenvalue weighted by atomic mass is 10.2. The Hall–Kier alpha value is -2.27. The number of hydrogen-bond acceptors (Lipinski definition) is 4. The van der Waals surface area contributed by atoms with Crippen molar-refractivity contribution in [3.63, 3.8) is 0 Å². The Morgan fingerprint density at radius 3 is 2.35 bits per heavy atom. The lowest BCUT2D eigenvalue weighted by Gasteiger charge is -2.07. The predicted octanol–water partition coefficient (Wildman–Crippen LogP) is 3.80. The van der Waals surface area contributed by atoms with E-state index >= 15 is 0 Å². The summed E-state index contributed by atoms with van der Waals surface area (Å²) in [5, 5.41) is 2.49. The molecule has 0 aliphatic rings. The minimum atomic E-state index is -0.458. The molecule has 5 heteroatoms. The molecule has 0 saturated heterocycles. The average Bonchev–Trinajstić information content (AvgIpc) is 2.48. The van der Waals surface area contributed by atoms with Gasteiger partial charge in [0.2, 0.25) is 0 Å². The molecule has 0 unspecified atom stereocenters. The van der Waals surface area contributed by atoms with Gasteiger partial charge in [-0.15, -0.1) is 0 Å². The Kier molecular flexibility index (Phi) is 4.79.